The molecule has 0 spiro atoms. The zero-order valence-electron chi connectivity index (χ0n) is 9.71. The highest BCUT2D eigenvalue weighted by Crippen LogP contribution is 2.11. The maximum Gasteiger partial charge on any atom is 0.164 e. The smallest absolute Gasteiger partial charge is 0.164 e. The minimum absolute atomic E-state index is 0.529. The normalized spacial score (nSPS) is 19.1. The summed E-state index contributed by atoms with van der Waals surface area (Å²) in [6, 6.07) is 4.57. The lowest BCUT2D eigenvalue weighted by molar-refractivity contribution is 0.294. The van der Waals surface area contributed by atoms with Crippen molar-refractivity contribution in [3.8, 4) is 0 Å². The van der Waals surface area contributed by atoms with Gasteiger partial charge < -0.3 is 14.6 Å². The number of nitrogens with zero attached hydrogens (tertiary/aromatic N) is 1. The van der Waals surface area contributed by atoms with Crippen molar-refractivity contribution in [2.45, 2.75) is 32.4 Å². The van der Waals surface area contributed by atoms with Gasteiger partial charge in [-0.2, -0.15) is 0 Å². The molecule has 3 nitrogen and oxygen atoms in total. The van der Waals surface area contributed by atoms with Crippen LogP contribution in [-0.2, 0) is 6.54 Å². The zero-order chi connectivity index (χ0) is 11.4. The average molecular weight is 334 g/mol. The number of hydrogen-bond donors (Lipinski definition) is 1. The molecule has 16 heavy (non-hydrogen) atoms. The summed E-state index contributed by atoms with van der Waals surface area (Å²) in [4.78, 5) is 2.53. The van der Waals surface area contributed by atoms with E-state index >= 15 is 0 Å². The molecule has 0 aliphatic carbocycles. The Kier molecular flexibility index (Phi) is 4.66. The Morgan fingerprint density at radius 2 is 2.19 bits per heavy atom. The summed E-state index contributed by atoms with van der Waals surface area (Å²) in [5, 5.41) is 3.50. The summed E-state index contributed by atoms with van der Waals surface area (Å²) in [7, 11) is 0. The molecule has 0 saturated carbocycles. The predicted octanol–water partition coefficient (Wildman–Crippen LogP) is 2.46. The molecule has 1 aliphatic rings. The Labute approximate surface area is 111 Å². The van der Waals surface area contributed by atoms with Gasteiger partial charge in [-0.3, -0.25) is 0 Å². The van der Waals surface area contributed by atoms with Crippen LogP contribution < -0.4 is 5.32 Å². The van der Waals surface area contributed by atoms with Gasteiger partial charge in [-0.25, -0.2) is 0 Å². The molecule has 2 rings (SSSR count). The second kappa shape index (κ2) is 6.02. The molecule has 1 N–H and O–H groups in total. The molecule has 0 amide bonds. The molecule has 4 heteroatoms. The third-order valence-electron chi connectivity index (χ3n) is 2.98. The lowest BCUT2D eigenvalue weighted by Crippen LogP contribution is -2.37. The van der Waals surface area contributed by atoms with Gasteiger partial charge in [0.05, 0.1) is 6.54 Å². The maximum absolute atomic E-state index is 5.51. The fraction of sp³-hybridized carbons (Fsp3) is 0.667. The molecule has 0 bridgehead atoms. The Morgan fingerprint density at radius 3 is 2.81 bits per heavy atom. The van der Waals surface area contributed by atoms with Crippen molar-refractivity contribution in [2.75, 3.05) is 19.6 Å². The van der Waals surface area contributed by atoms with E-state index in [0.29, 0.717) is 6.04 Å². The summed E-state index contributed by atoms with van der Waals surface area (Å²) in [6.45, 7) is 6.76. The van der Waals surface area contributed by atoms with Gasteiger partial charge in [0.15, 0.2) is 3.77 Å². The summed E-state index contributed by atoms with van der Waals surface area (Å²) in [5.74, 6) is 1.03. The number of likely N-dealkylation sites (tertiary alicyclic amines) is 1. The highest BCUT2D eigenvalue weighted by atomic mass is 127. The van der Waals surface area contributed by atoms with Gasteiger partial charge in [-0.1, -0.05) is 0 Å². The van der Waals surface area contributed by atoms with Crippen molar-refractivity contribution < 1.29 is 4.42 Å². The van der Waals surface area contributed by atoms with Gasteiger partial charge in [-0.15, -0.1) is 0 Å². The Hall–Kier alpha value is -0.0700. The molecular weight excluding hydrogens is 315 g/mol. The number of hydrogen-bond acceptors (Lipinski definition) is 3. The van der Waals surface area contributed by atoms with Gasteiger partial charge in [0.25, 0.3) is 0 Å². The van der Waals surface area contributed by atoms with Gasteiger partial charge >= 0.3 is 0 Å². The molecule has 1 aromatic heterocycles. The van der Waals surface area contributed by atoms with Crippen LogP contribution in [0.5, 0.6) is 0 Å². The summed E-state index contributed by atoms with van der Waals surface area (Å²) in [5.41, 5.74) is 0. The third kappa shape index (κ3) is 3.75. The number of rotatable bonds is 5. The van der Waals surface area contributed by atoms with Gasteiger partial charge in [0, 0.05) is 12.6 Å². The molecular formula is C12H19IN2O. The Balaban J connectivity index is 1.68. The lowest BCUT2D eigenvalue weighted by atomic mass is 10.3. The van der Waals surface area contributed by atoms with Gasteiger partial charge in [0.2, 0.25) is 0 Å². The molecule has 1 atom stereocenters. The van der Waals surface area contributed by atoms with Crippen molar-refractivity contribution in [3.63, 3.8) is 0 Å². The van der Waals surface area contributed by atoms with Crippen LogP contribution in [0, 0.1) is 3.77 Å². The van der Waals surface area contributed by atoms with E-state index in [9.17, 15) is 0 Å². The third-order valence-corrected chi connectivity index (χ3v) is 3.56. The molecule has 1 saturated heterocycles. The number of furan rings is 1. The van der Waals surface area contributed by atoms with Crippen molar-refractivity contribution in [2.24, 2.45) is 0 Å². The van der Waals surface area contributed by atoms with Crippen molar-refractivity contribution in [1.29, 1.82) is 0 Å². The van der Waals surface area contributed by atoms with Crippen LogP contribution in [0.15, 0.2) is 16.5 Å². The van der Waals surface area contributed by atoms with E-state index in [1.807, 2.05) is 12.1 Å². The monoisotopic (exact) mass is 334 g/mol. The number of nitrogens with one attached hydrogen (secondary N) is 1. The average Bonchev–Trinajstić information content (AvgIpc) is 2.87. The minimum Gasteiger partial charge on any atom is -0.454 e. The second-order valence-electron chi connectivity index (χ2n) is 4.50. The number of halogens is 1. The van der Waals surface area contributed by atoms with Crippen LogP contribution in [0.4, 0.5) is 0 Å². The molecule has 0 aromatic carbocycles. The topological polar surface area (TPSA) is 28.4 Å². The van der Waals surface area contributed by atoms with Gasteiger partial charge in [0.1, 0.15) is 5.76 Å². The second-order valence-corrected chi connectivity index (χ2v) is 5.56. The molecule has 1 unspecified atom stereocenters. The summed E-state index contributed by atoms with van der Waals surface area (Å²) < 4.78 is 6.47. The first-order valence-corrected chi connectivity index (χ1v) is 7.02. The first-order valence-electron chi connectivity index (χ1n) is 5.94. The summed E-state index contributed by atoms with van der Waals surface area (Å²) >= 11 is 2.20. The van der Waals surface area contributed by atoms with Crippen LogP contribution in [0.1, 0.15) is 25.5 Å². The quantitative estimate of drug-likeness (QED) is 0.839. The van der Waals surface area contributed by atoms with Crippen LogP contribution in [0.3, 0.4) is 0 Å². The SMILES string of the molecule is CC(CN1CCCC1)NCc1ccc(I)o1. The van der Waals surface area contributed by atoms with Crippen LogP contribution >= 0.6 is 22.6 Å². The maximum atomic E-state index is 5.51. The van der Waals surface area contributed by atoms with E-state index in [2.05, 4.69) is 39.7 Å². The lowest BCUT2D eigenvalue weighted by Gasteiger charge is -2.20. The minimum atomic E-state index is 0.529. The fourth-order valence-electron chi connectivity index (χ4n) is 2.14. The van der Waals surface area contributed by atoms with Crippen LogP contribution in [0.2, 0.25) is 0 Å². The highest BCUT2D eigenvalue weighted by Gasteiger charge is 2.14. The van der Waals surface area contributed by atoms with E-state index in [1.54, 1.807) is 0 Å². The standard InChI is InChI=1S/C12H19IN2O/c1-10(9-15-6-2-3-7-15)14-8-11-4-5-12(13)16-11/h4-5,10,14H,2-3,6-9H2,1H3. The van der Waals surface area contributed by atoms with E-state index in [1.165, 1.54) is 25.9 Å². The van der Waals surface area contributed by atoms with E-state index in [-0.39, 0.29) is 0 Å². The van der Waals surface area contributed by atoms with Crippen LogP contribution in [-0.4, -0.2) is 30.6 Å². The van der Waals surface area contributed by atoms with Gasteiger partial charge in [-0.05, 0) is 67.6 Å². The largest absolute Gasteiger partial charge is 0.454 e. The molecule has 1 fully saturated rings. The van der Waals surface area contributed by atoms with Crippen molar-refractivity contribution >= 4 is 22.6 Å². The fourth-order valence-corrected chi connectivity index (χ4v) is 2.60. The first-order chi connectivity index (χ1) is 7.74. The molecule has 1 aliphatic heterocycles. The van der Waals surface area contributed by atoms with Crippen molar-refractivity contribution in [1.82, 2.24) is 10.2 Å². The zero-order valence-corrected chi connectivity index (χ0v) is 11.9. The molecule has 90 valence electrons. The van der Waals surface area contributed by atoms with Crippen LogP contribution in [0.25, 0.3) is 0 Å². The molecule has 2 heterocycles. The van der Waals surface area contributed by atoms with E-state index < -0.39 is 0 Å². The Morgan fingerprint density at radius 1 is 1.44 bits per heavy atom. The Bertz CT molecular complexity index is 321. The van der Waals surface area contributed by atoms with E-state index in [0.717, 1.165) is 22.6 Å². The summed E-state index contributed by atoms with van der Waals surface area (Å²) in [6.07, 6.45) is 2.73. The van der Waals surface area contributed by atoms with E-state index in [4.69, 9.17) is 4.42 Å². The molecule has 1 aromatic rings. The van der Waals surface area contributed by atoms with Crippen molar-refractivity contribution in [3.05, 3.63) is 21.7 Å². The molecule has 0 radical (unpaired) electrons. The predicted molar refractivity (Wildman–Crippen MR) is 73.4 cm³/mol. The highest BCUT2D eigenvalue weighted by molar-refractivity contribution is 14.1. The first kappa shape index (κ1) is 12.4.